The summed E-state index contributed by atoms with van der Waals surface area (Å²) in [7, 11) is 1.63. The molecule has 6 nitrogen and oxygen atoms in total. The van der Waals surface area contributed by atoms with E-state index >= 15 is 0 Å². The molecule has 4 aromatic rings. The number of carbonyl (C=O) groups excluding carboxylic acids is 1. The number of hydrogen-bond donors (Lipinski definition) is 1. The number of nitrogens with one attached hydrogen (secondary N) is 1. The molecule has 0 aliphatic rings. The molecule has 35 heavy (non-hydrogen) atoms. The van der Waals surface area contributed by atoms with E-state index in [1.54, 1.807) is 19.2 Å². The number of aromatic nitrogens is 1. The first-order chi connectivity index (χ1) is 17.0. The lowest BCUT2D eigenvalue weighted by atomic mass is 10.1. The Hall–Kier alpha value is -3.97. The van der Waals surface area contributed by atoms with Crippen molar-refractivity contribution in [2.45, 2.75) is 32.6 Å². The fourth-order valence-corrected chi connectivity index (χ4v) is 3.82. The van der Waals surface area contributed by atoms with Crippen LogP contribution in [-0.2, 0) is 19.6 Å². The number of nitrogens with zero attached hydrogens (tertiary/aromatic N) is 2. The Bertz CT molecular complexity index is 1240. The largest absolute Gasteiger partial charge is 0.497 e. The minimum atomic E-state index is -0.297. The van der Waals surface area contributed by atoms with Gasteiger partial charge in [-0.1, -0.05) is 54.6 Å². The minimum absolute atomic E-state index is 0.160. The molecule has 7 heteroatoms. The van der Waals surface area contributed by atoms with Gasteiger partial charge >= 0.3 is 0 Å². The van der Waals surface area contributed by atoms with Gasteiger partial charge in [-0.05, 0) is 47.9 Å². The fourth-order valence-electron chi connectivity index (χ4n) is 3.82. The fraction of sp³-hybridized carbons (Fsp3) is 0.214. The van der Waals surface area contributed by atoms with Gasteiger partial charge < -0.3 is 14.5 Å². The summed E-state index contributed by atoms with van der Waals surface area (Å²) < 4.78 is 24.4. The van der Waals surface area contributed by atoms with Gasteiger partial charge in [-0.2, -0.15) is 0 Å². The molecule has 1 N–H and O–H groups in total. The van der Waals surface area contributed by atoms with E-state index in [-0.39, 0.29) is 23.5 Å². The number of halogens is 1. The molecule has 0 saturated carbocycles. The molecule has 0 fully saturated rings. The average Bonchev–Trinajstić information content (AvgIpc) is 3.34. The van der Waals surface area contributed by atoms with Crippen LogP contribution < -0.4 is 10.1 Å². The van der Waals surface area contributed by atoms with Gasteiger partial charge in [0.05, 0.1) is 19.7 Å². The molecule has 1 heterocycles. The molecule has 0 unspecified atom stereocenters. The van der Waals surface area contributed by atoms with Crippen LogP contribution in [0.15, 0.2) is 89.5 Å². The van der Waals surface area contributed by atoms with Crippen LogP contribution in [0.3, 0.4) is 0 Å². The maximum absolute atomic E-state index is 13.4. The number of hydrogen-bond acceptors (Lipinski definition) is 5. The Morgan fingerprint density at radius 3 is 2.49 bits per heavy atom. The monoisotopic (exact) mass is 473 g/mol. The number of ether oxygens (including phenoxy) is 1. The van der Waals surface area contributed by atoms with Gasteiger partial charge in [0, 0.05) is 13.1 Å². The minimum Gasteiger partial charge on any atom is -0.497 e. The van der Waals surface area contributed by atoms with Gasteiger partial charge in [0.15, 0.2) is 5.69 Å². The number of rotatable bonds is 10. The Morgan fingerprint density at radius 2 is 1.74 bits per heavy atom. The normalized spacial score (nSPS) is 11.9. The molecule has 0 radical (unpaired) electrons. The number of carbonyl (C=O) groups is 1. The molecule has 1 aromatic heterocycles. The van der Waals surface area contributed by atoms with E-state index in [0.717, 1.165) is 22.4 Å². The molecule has 0 aliphatic carbocycles. The molecule has 0 aliphatic heterocycles. The van der Waals surface area contributed by atoms with Gasteiger partial charge in [-0.3, -0.25) is 9.69 Å². The lowest BCUT2D eigenvalue weighted by molar-refractivity contribution is 0.0934. The van der Waals surface area contributed by atoms with E-state index < -0.39 is 0 Å². The van der Waals surface area contributed by atoms with E-state index in [1.807, 2.05) is 61.5 Å². The van der Waals surface area contributed by atoms with Crippen molar-refractivity contribution in [2.75, 3.05) is 7.11 Å². The standard InChI is InChI=1S/C28H28FN3O3/c1-20(23-8-4-3-5-9-23)30-28(33)26-19-35-27(31-26)18-32(16-21-11-13-24(29)14-12-21)17-22-7-6-10-25(15-22)34-2/h3-15,19-20H,16-18H2,1-2H3,(H,30,33)/t20-/m1/s1. The second-order valence-corrected chi connectivity index (χ2v) is 8.36. The van der Waals surface area contributed by atoms with Crippen LogP contribution in [0.25, 0.3) is 0 Å². The van der Waals surface area contributed by atoms with Crippen LogP contribution in [-0.4, -0.2) is 22.9 Å². The zero-order valence-corrected chi connectivity index (χ0v) is 19.8. The third-order valence-corrected chi connectivity index (χ3v) is 5.65. The van der Waals surface area contributed by atoms with Crippen molar-refractivity contribution in [3.8, 4) is 5.75 Å². The number of amides is 1. The lowest BCUT2D eigenvalue weighted by Gasteiger charge is -2.21. The number of methoxy groups -OCH3 is 1. The van der Waals surface area contributed by atoms with Gasteiger partial charge in [-0.25, -0.2) is 9.37 Å². The third kappa shape index (κ3) is 6.77. The third-order valence-electron chi connectivity index (χ3n) is 5.65. The molecule has 0 saturated heterocycles. The predicted octanol–water partition coefficient (Wildman–Crippen LogP) is 5.52. The molecule has 1 atom stereocenters. The van der Waals surface area contributed by atoms with Gasteiger partial charge in [0.1, 0.15) is 17.8 Å². The SMILES string of the molecule is COc1cccc(CN(Cc2ccc(F)cc2)Cc2nc(C(=O)N[C@H](C)c3ccccc3)co2)c1. The Morgan fingerprint density at radius 1 is 1.00 bits per heavy atom. The predicted molar refractivity (Wildman–Crippen MR) is 131 cm³/mol. The second kappa shape index (κ2) is 11.4. The van der Waals surface area contributed by atoms with Crippen LogP contribution in [0.4, 0.5) is 4.39 Å². The van der Waals surface area contributed by atoms with Crippen molar-refractivity contribution in [1.82, 2.24) is 15.2 Å². The van der Waals surface area contributed by atoms with E-state index in [9.17, 15) is 9.18 Å². The Kier molecular flexibility index (Phi) is 7.90. The van der Waals surface area contributed by atoms with Crippen LogP contribution in [0.2, 0.25) is 0 Å². The molecular weight excluding hydrogens is 445 g/mol. The van der Waals surface area contributed by atoms with E-state index in [2.05, 4.69) is 15.2 Å². The van der Waals surface area contributed by atoms with Gasteiger partial charge in [0.2, 0.25) is 5.89 Å². The first kappa shape index (κ1) is 24.2. The number of oxazole rings is 1. The summed E-state index contributed by atoms with van der Waals surface area (Å²) in [5, 5.41) is 2.95. The summed E-state index contributed by atoms with van der Waals surface area (Å²) in [6.45, 7) is 3.43. The highest BCUT2D eigenvalue weighted by Crippen LogP contribution is 2.19. The van der Waals surface area contributed by atoms with Crippen molar-refractivity contribution >= 4 is 5.91 Å². The maximum atomic E-state index is 13.4. The average molecular weight is 474 g/mol. The molecule has 180 valence electrons. The summed E-state index contributed by atoms with van der Waals surface area (Å²) in [5.41, 5.74) is 3.24. The molecule has 0 spiro atoms. The zero-order chi connectivity index (χ0) is 24.6. The summed E-state index contributed by atoms with van der Waals surface area (Å²) >= 11 is 0. The quantitative estimate of drug-likeness (QED) is 0.329. The summed E-state index contributed by atoms with van der Waals surface area (Å²) in [5.74, 6) is 0.620. The number of benzene rings is 3. The highest BCUT2D eigenvalue weighted by Gasteiger charge is 2.18. The summed E-state index contributed by atoms with van der Waals surface area (Å²) in [6.07, 6.45) is 1.38. The van der Waals surface area contributed by atoms with Crippen molar-refractivity contribution in [3.05, 3.63) is 119 Å². The zero-order valence-electron chi connectivity index (χ0n) is 19.8. The summed E-state index contributed by atoms with van der Waals surface area (Å²) in [4.78, 5) is 19.3. The van der Waals surface area contributed by atoms with Crippen LogP contribution in [0.1, 0.15) is 46.0 Å². The first-order valence-electron chi connectivity index (χ1n) is 11.4. The van der Waals surface area contributed by atoms with E-state index in [0.29, 0.717) is 25.5 Å². The molecule has 1 amide bonds. The highest BCUT2D eigenvalue weighted by atomic mass is 19.1. The Labute approximate surface area is 204 Å². The molecule has 3 aromatic carbocycles. The van der Waals surface area contributed by atoms with Crippen LogP contribution >= 0.6 is 0 Å². The Balaban J connectivity index is 1.47. The van der Waals surface area contributed by atoms with Crippen molar-refractivity contribution in [1.29, 1.82) is 0 Å². The van der Waals surface area contributed by atoms with Gasteiger partial charge in [-0.15, -0.1) is 0 Å². The summed E-state index contributed by atoms with van der Waals surface area (Å²) in [6, 6.07) is 23.8. The van der Waals surface area contributed by atoms with Crippen molar-refractivity contribution in [2.24, 2.45) is 0 Å². The lowest BCUT2D eigenvalue weighted by Crippen LogP contribution is -2.27. The highest BCUT2D eigenvalue weighted by molar-refractivity contribution is 5.92. The first-order valence-corrected chi connectivity index (χ1v) is 11.4. The van der Waals surface area contributed by atoms with E-state index in [1.165, 1.54) is 18.4 Å². The van der Waals surface area contributed by atoms with E-state index in [4.69, 9.17) is 9.15 Å². The van der Waals surface area contributed by atoms with Crippen LogP contribution in [0.5, 0.6) is 5.75 Å². The van der Waals surface area contributed by atoms with Gasteiger partial charge in [0.25, 0.3) is 5.91 Å². The molecular formula is C28H28FN3O3. The van der Waals surface area contributed by atoms with Crippen molar-refractivity contribution < 1.29 is 18.3 Å². The van der Waals surface area contributed by atoms with Crippen LogP contribution in [0, 0.1) is 5.82 Å². The second-order valence-electron chi connectivity index (χ2n) is 8.36. The molecule has 0 bridgehead atoms. The smallest absolute Gasteiger partial charge is 0.273 e. The topological polar surface area (TPSA) is 67.6 Å². The molecule has 4 rings (SSSR count). The van der Waals surface area contributed by atoms with Crippen molar-refractivity contribution in [3.63, 3.8) is 0 Å². The maximum Gasteiger partial charge on any atom is 0.273 e.